The van der Waals surface area contributed by atoms with E-state index in [4.69, 9.17) is 15.0 Å². The molecule has 1 spiro atoms. The van der Waals surface area contributed by atoms with Crippen LogP contribution >= 0.6 is 0 Å². The first-order valence-electron chi connectivity index (χ1n) is 22.3. The molecule has 2 aromatic heterocycles. The number of pyridine rings is 1. The van der Waals surface area contributed by atoms with Crippen LogP contribution < -0.4 is 0 Å². The van der Waals surface area contributed by atoms with E-state index in [9.17, 15) is 0 Å². The number of fused-ring (bicyclic) bond motifs is 16. The Morgan fingerprint density at radius 1 is 0.308 bits per heavy atom. The Morgan fingerprint density at radius 3 is 1.43 bits per heavy atom. The van der Waals surface area contributed by atoms with Crippen molar-refractivity contribution in [2.45, 2.75) is 5.41 Å². The SMILES string of the molecule is c1ccc2c(c1)-c1ccccc1C21c2ccccc2-c2c1ccc1c(-c3ccc(-c4nc(-c5ccc6ccccc6c5)cc(-c5ccc6ccccc6c5)n4)cc3)nc3ccccc3c21. The van der Waals surface area contributed by atoms with Crippen molar-refractivity contribution in [3.05, 3.63) is 247 Å². The van der Waals surface area contributed by atoms with Gasteiger partial charge in [-0.3, -0.25) is 0 Å². The van der Waals surface area contributed by atoms with Crippen LogP contribution in [-0.2, 0) is 5.41 Å². The van der Waals surface area contributed by atoms with Crippen LogP contribution in [0.3, 0.4) is 0 Å². The molecule has 14 rings (SSSR count). The third kappa shape index (κ3) is 5.21. The average Bonchev–Trinajstić information content (AvgIpc) is 3.85. The first-order valence-corrected chi connectivity index (χ1v) is 22.3. The van der Waals surface area contributed by atoms with E-state index in [1.165, 1.54) is 71.4 Å². The van der Waals surface area contributed by atoms with Gasteiger partial charge in [0.05, 0.1) is 28.0 Å². The van der Waals surface area contributed by atoms with Crippen molar-refractivity contribution in [2.24, 2.45) is 0 Å². The van der Waals surface area contributed by atoms with E-state index < -0.39 is 5.41 Å². The van der Waals surface area contributed by atoms with Gasteiger partial charge in [-0.1, -0.05) is 200 Å². The lowest BCUT2D eigenvalue weighted by molar-refractivity contribution is 0.794. The fourth-order valence-corrected chi connectivity index (χ4v) is 11.2. The van der Waals surface area contributed by atoms with E-state index in [1.807, 2.05) is 0 Å². The molecule has 0 atom stereocenters. The van der Waals surface area contributed by atoms with Gasteiger partial charge in [0.2, 0.25) is 0 Å². The third-order valence-electron chi connectivity index (χ3n) is 14.1. The van der Waals surface area contributed by atoms with Gasteiger partial charge >= 0.3 is 0 Å². The molecular formula is C62H37N3. The third-order valence-corrected chi connectivity index (χ3v) is 14.1. The van der Waals surface area contributed by atoms with Crippen LogP contribution in [0.15, 0.2) is 224 Å². The summed E-state index contributed by atoms with van der Waals surface area (Å²) in [5.74, 6) is 0.679. The standard InChI is InChI=1S/C62H37N3/c1-3-15-42-35-44(31-25-38(42)13-1)56-37-57(45-32-26-39-14-2-4-16-43(39)36-45)65-61(64-56)41-29-27-40(28-30-41)60-50-33-34-54-59(58(50)49-20-8-12-24-55(49)63-60)48-19-7-11-23-53(48)62(54)51-21-9-5-17-46(51)47-18-6-10-22-52(47)62/h1-37H. The van der Waals surface area contributed by atoms with E-state index >= 15 is 0 Å². The molecule has 0 amide bonds. The second kappa shape index (κ2) is 13.7. The topological polar surface area (TPSA) is 38.7 Å². The maximum Gasteiger partial charge on any atom is 0.160 e. The smallest absolute Gasteiger partial charge is 0.160 e. The predicted molar refractivity (Wildman–Crippen MR) is 268 cm³/mol. The number of hydrogen-bond donors (Lipinski definition) is 0. The van der Waals surface area contributed by atoms with E-state index in [2.05, 4.69) is 224 Å². The highest BCUT2D eigenvalue weighted by Crippen LogP contribution is 2.64. The Morgan fingerprint density at radius 2 is 0.800 bits per heavy atom. The van der Waals surface area contributed by atoms with Crippen LogP contribution in [0.25, 0.3) is 111 Å². The van der Waals surface area contributed by atoms with Gasteiger partial charge in [0.15, 0.2) is 5.82 Å². The van der Waals surface area contributed by atoms with Gasteiger partial charge in [0, 0.05) is 38.4 Å². The Kier molecular flexibility index (Phi) is 7.61. The molecule has 10 aromatic carbocycles. The summed E-state index contributed by atoms with van der Waals surface area (Å²) in [4.78, 5) is 16.0. The number of rotatable bonds is 4. The van der Waals surface area contributed by atoms with Crippen molar-refractivity contribution < 1.29 is 0 Å². The molecule has 2 aliphatic rings. The second-order valence-corrected chi connectivity index (χ2v) is 17.4. The van der Waals surface area contributed by atoms with E-state index in [1.54, 1.807) is 0 Å². The van der Waals surface area contributed by atoms with Crippen LogP contribution in [0.4, 0.5) is 0 Å². The van der Waals surface area contributed by atoms with Crippen LogP contribution in [0.2, 0.25) is 0 Å². The van der Waals surface area contributed by atoms with Gasteiger partial charge in [0.25, 0.3) is 0 Å². The van der Waals surface area contributed by atoms with Crippen molar-refractivity contribution in [3.63, 3.8) is 0 Å². The van der Waals surface area contributed by atoms with Gasteiger partial charge < -0.3 is 0 Å². The normalized spacial score (nSPS) is 13.0. The van der Waals surface area contributed by atoms with Crippen molar-refractivity contribution in [1.82, 2.24) is 15.0 Å². The number of nitrogens with zero attached hydrogens (tertiary/aromatic N) is 3. The molecule has 0 N–H and O–H groups in total. The Balaban J connectivity index is 0.953. The first kappa shape index (κ1) is 36.0. The molecule has 0 radical (unpaired) electrons. The van der Waals surface area contributed by atoms with Crippen molar-refractivity contribution in [3.8, 4) is 67.4 Å². The monoisotopic (exact) mass is 823 g/mol. The zero-order chi connectivity index (χ0) is 42.6. The van der Waals surface area contributed by atoms with E-state index in [0.29, 0.717) is 5.82 Å². The zero-order valence-corrected chi connectivity index (χ0v) is 35.2. The van der Waals surface area contributed by atoms with Crippen LogP contribution in [-0.4, -0.2) is 15.0 Å². The number of benzene rings is 10. The molecule has 3 nitrogen and oxygen atoms in total. The molecule has 3 heteroatoms. The largest absolute Gasteiger partial charge is 0.247 e. The Bertz CT molecular complexity index is 3810. The molecular weight excluding hydrogens is 787 g/mol. The van der Waals surface area contributed by atoms with Gasteiger partial charge in [-0.05, 0) is 90.3 Å². The summed E-state index contributed by atoms with van der Waals surface area (Å²) < 4.78 is 0. The van der Waals surface area contributed by atoms with Gasteiger partial charge in [-0.2, -0.15) is 0 Å². The molecule has 0 aliphatic heterocycles. The Hall–Kier alpha value is -8.53. The fourth-order valence-electron chi connectivity index (χ4n) is 11.2. The summed E-state index contributed by atoms with van der Waals surface area (Å²) in [7, 11) is 0. The number of para-hydroxylation sites is 1. The van der Waals surface area contributed by atoms with E-state index in [-0.39, 0.29) is 0 Å². The summed E-state index contributed by atoms with van der Waals surface area (Å²) in [5.41, 5.74) is 17.9. The lowest BCUT2D eigenvalue weighted by Gasteiger charge is -2.30. The quantitative estimate of drug-likeness (QED) is 0.166. The highest BCUT2D eigenvalue weighted by molar-refractivity contribution is 6.20. The highest BCUT2D eigenvalue weighted by Gasteiger charge is 2.52. The molecule has 12 aromatic rings. The summed E-state index contributed by atoms with van der Waals surface area (Å²) in [6.07, 6.45) is 0. The lowest BCUT2D eigenvalue weighted by atomic mass is 9.70. The first-order chi connectivity index (χ1) is 32.2. The van der Waals surface area contributed by atoms with Gasteiger partial charge in [-0.25, -0.2) is 15.0 Å². The average molecular weight is 824 g/mol. The molecule has 0 saturated heterocycles. The summed E-state index contributed by atoms with van der Waals surface area (Å²) in [5, 5.41) is 8.30. The highest BCUT2D eigenvalue weighted by atomic mass is 14.9. The summed E-state index contributed by atoms with van der Waals surface area (Å²) in [6.45, 7) is 0. The second-order valence-electron chi connectivity index (χ2n) is 17.4. The van der Waals surface area contributed by atoms with E-state index in [0.717, 1.165) is 55.6 Å². The van der Waals surface area contributed by atoms with Crippen LogP contribution in [0, 0.1) is 0 Å². The molecule has 0 fully saturated rings. The number of aromatic nitrogens is 3. The molecule has 0 bridgehead atoms. The minimum absolute atomic E-state index is 0.424. The predicted octanol–water partition coefficient (Wildman–Crippen LogP) is 15.5. The Labute approximate surface area is 376 Å². The fraction of sp³-hybridized carbons (Fsp3) is 0.0161. The number of hydrogen-bond acceptors (Lipinski definition) is 3. The van der Waals surface area contributed by atoms with Crippen molar-refractivity contribution >= 4 is 43.2 Å². The molecule has 0 saturated carbocycles. The van der Waals surface area contributed by atoms with Gasteiger partial charge in [0.1, 0.15) is 0 Å². The molecule has 0 unspecified atom stereocenters. The summed E-state index contributed by atoms with van der Waals surface area (Å²) in [6, 6.07) is 81.4. The zero-order valence-electron chi connectivity index (χ0n) is 35.2. The minimum Gasteiger partial charge on any atom is -0.247 e. The van der Waals surface area contributed by atoms with Crippen molar-refractivity contribution in [1.29, 1.82) is 0 Å². The van der Waals surface area contributed by atoms with Crippen LogP contribution in [0.5, 0.6) is 0 Å². The molecule has 2 aliphatic carbocycles. The molecule has 300 valence electrons. The maximum absolute atomic E-state index is 5.44. The maximum atomic E-state index is 5.44. The lowest BCUT2D eigenvalue weighted by Crippen LogP contribution is -2.25. The minimum atomic E-state index is -0.424. The van der Waals surface area contributed by atoms with Gasteiger partial charge in [-0.15, -0.1) is 0 Å². The molecule has 65 heavy (non-hydrogen) atoms. The molecule has 2 heterocycles. The van der Waals surface area contributed by atoms with Crippen molar-refractivity contribution in [2.75, 3.05) is 0 Å². The van der Waals surface area contributed by atoms with Crippen LogP contribution in [0.1, 0.15) is 22.3 Å². The summed E-state index contributed by atoms with van der Waals surface area (Å²) >= 11 is 0.